The number of aliphatic hydroxyl groups is 1. The third kappa shape index (κ3) is 6.77. The van der Waals surface area contributed by atoms with Gasteiger partial charge in [0, 0.05) is 12.6 Å². The molecule has 1 unspecified atom stereocenters. The fourth-order valence-corrected chi connectivity index (χ4v) is 3.28. The van der Waals surface area contributed by atoms with Gasteiger partial charge < -0.3 is 34.1 Å². The molecule has 1 heterocycles. The van der Waals surface area contributed by atoms with Crippen LogP contribution in [0.4, 0.5) is 0 Å². The molecule has 0 radical (unpaired) electrons. The summed E-state index contributed by atoms with van der Waals surface area (Å²) >= 11 is 0. The van der Waals surface area contributed by atoms with Crippen LogP contribution in [0.15, 0.2) is 42.5 Å². The molecule has 3 atom stereocenters. The summed E-state index contributed by atoms with van der Waals surface area (Å²) in [6, 6.07) is 13.0. The molecule has 0 bridgehead atoms. The van der Waals surface area contributed by atoms with Crippen molar-refractivity contribution in [3.05, 3.63) is 48.0 Å². The Labute approximate surface area is 188 Å². The first kappa shape index (κ1) is 23.7. The summed E-state index contributed by atoms with van der Waals surface area (Å²) in [5.74, 6) is 2.16. The Hall–Kier alpha value is -2.97. The molecule has 32 heavy (non-hydrogen) atoms. The topological polar surface area (TPSA) is 95.5 Å². The molecule has 3 rings (SSSR count). The summed E-state index contributed by atoms with van der Waals surface area (Å²) in [6.07, 6.45) is -0.639. The van der Waals surface area contributed by atoms with Gasteiger partial charge >= 0.3 is 5.97 Å². The van der Waals surface area contributed by atoms with Crippen LogP contribution < -0.4 is 24.3 Å². The lowest BCUT2D eigenvalue weighted by atomic mass is 10.1. The van der Waals surface area contributed by atoms with Gasteiger partial charge in [0.15, 0.2) is 11.5 Å². The van der Waals surface area contributed by atoms with Crippen LogP contribution in [-0.4, -0.2) is 62.8 Å². The van der Waals surface area contributed by atoms with E-state index >= 15 is 0 Å². The number of hydrogen-bond donors (Lipinski definition) is 2. The highest BCUT2D eigenvalue weighted by molar-refractivity contribution is 5.76. The number of hydrogen-bond acceptors (Lipinski definition) is 8. The molecule has 2 aromatic carbocycles. The number of esters is 1. The monoisotopic (exact) mass is 445 g/mol. The van der Waals surface area contributed by atoms with Crippen LogP contribution in [0, 0.1) is 0 Å². The molecule has 2 aromatic rings. The fourth-order valence-electron chi connectivity index (χ4n) is 3.28. The molecule has 0 saturated carbocycles. The van der Waals surface area contributed by atoms with Crippen molar-refractivity contribution < 1.29 is 33.6 Å². The van der Waals surface area contributed by atoms with Crippen LogP contribution in [0.5, 0.6) is 23.0 Å². The molecule has 8 heteroatoms. The van der Waals surface area contributed by atoms with E-state index in [1.807, 2.05) is 31.2 Å². The quantitative estimate of drug-likeness (QED) is 0.509. The van der Waals surface area contributed by atoms with Crippen molar-refractivity contribution in [1.29, 1.82) is 0 Å². The molecule has 0 fully saturated rings. The molecule has 0 amide bonds. The number of benzene rings is 2. The molecule has 0 aromatic heterocycles. The third-order valence-corrected chi connectivity index (χ3v) is 4.96. The predicted molar refractivity (Wildman–Crippen MR) is 119 cm³/mol. The van der Waals surface area contributed by atoms with Gasteiger partial charge in [-0.1, -0.05) is 6.07 Å². The number of fused-ring (bicyclic) bond motifs is 1. The molecule has 0 aliphatic carbocycles. The minimum absolute atomic E-state index is 0.125. The fraction of sp³-hybridized carbons (Fsp3) is 0.458. The number of methoxy groups -OCH3 is 1. The summed E-state index contributed by atoms with van der Waals surface area (Å²) in [6.45, 7) is 4.83. The van der Waals surface area contributed by atoms with Crippen molar-refractivity contribution in [2.45, 2.75) is 38.5 Å². The minimum Gasteiger partial charge on any atom is -0.497 e. The van der Waals surface area contributed by atoms with Gasteiger partial charge in [0.25, 0.3) is 0 Å². The van der Waals surface area contributed by atoms with Gasteiger partial charge in [0.2, 0.25) is 6.10 Å². The first-order chi connectivity index (χ1) is 15.5. The number of ether oxygens (including phenoxy) is 5. The summed E-state index contributed by atoms with van der Waals surface area (Å²) in [7, 11) is 1.61. The van der Waals surface area contributed by atoms with Crippen LogP contribution in [0.25, 0.3) is 0 Å². The molecule has 0 saturated heterocycles. The second-order valence-corrected chi connectivity index (χ2v) is 7.60. The summed E-state index contributed by atoms with van der Waals surface area (Å²) in [5.41, 5.74) is 1.06. The van der Waals surface area contributed by atoms with E-state index in [9.17, 15) is 9.90 Å². The van der Waals surface area contributed by atoms with Gasteiger partial charge in [0.1, 0.15) is 30.8 Å². The highest BCUT2D eigenvalue weighted by Gasteiger charge is 2.28. The van der Waals surface area contributed by atoms with Crippen LogP contribution in [-0.2, 0) is 16.0 Å². The zero-order valence-electron chi connectivity index (χ0n) is 18.7. The lowest BCUT2D eigenvalue weighted by molar-refractivity contribution is -0.153. The lowest BCUT2D eigenvalue weighted by Crippen LogP contribution is -2.38. The van der Waals surface area contributed by atoms with Crippen molar-refractivity contribution in [2.24, 2.45) is 0 Å². The van der Waals surface area contributed by atoms with E-state index in [1.54, 1.807) is 32.2 Å². The number of nitrogens with one attached hydrogen (secondary N) is 1. The van der Waals surface area contributed by atoms with E-state index in [-0.39, 0.29) is 19.3 Å². The minimum atomic E-state index is -0.740. The molecular formula is C24H31NO7. The Morgan fingerprint density at radius 1 is 1.19 bits per heavy atom. The zero-order valence-corrected chi connectivity index (χ0v) is 18.7. The van der Waals surface area contributed by atoms with Crippen LogP contribution in [0.2, 0.25) is 0 Å². The number of carbonyl (C=O) groups is 1. The van der Waals surface area contributed by atoms with Crippen molar-refractivity contribution in [1.82, 2.24) is 5.32 Å². The number of aliphatic hydroxyl groups excluding tert-OH is 1. The van der Waals surface area contributed by atoms with E-state index in [0.29, 0.717) is 30.4 Å². The van der Waals surface area contributed by atoms with E-state index in [0.717, 1.165) is 17.7 Å². The van der Waals surface area contributed by atoms with Gasteiger partial charge in [-0.3, -0.25) is 0 Å². The first-order valence-corrected chi connectivity index (χ1v) is 10.8. The number of carbonyl (C=O) groups excluding carboxylic acids is 1. The smallest absolute Gasteiger partial charge is 0.350 e. The lowest BCUT2D eigenvalue weighted by Gasteiger charge is -2.25. The van der Waals surface area contributed by atoms with E-state index in [2.05, 4.69) is 5.32 Å². The molecule has 0 spiro atoms. The second kappa shape index (κ2) is 11.6. The Bertz CT molecular complexity index is 871. The molecule has 174 valence electrons. The van der Waals surface area contributed by atoms with Crippen molar-refractivity contribution in [2.75, 3.05) is 33.5 Å². The van der Waals surface area contributed by atoms with Gasteiger partial charge in [-0.05, 0) is 62.2 Å². The highest BCUT2D eigenvalue weighted by Crippen LogP contribution is 2.33. The van der Waals surface area contributed by atoms with Crippen molar-refractivity contribution >= 4 is 5.97 Å². The van der Waals surface area contributed by atoms with Crippen molar-refractivity contribution in [3.8, 4) is 23.0 Å². The third-order valence-electron chi connectivity index (χ3n) is 4.96. The molecule has 1 aliphatic rings. The van der Waals surface area contributed by atoms with Crippen LogP contribution in [0.1, 0.15) is 19.4 Å². The SMILES string of the molecule is CCOC(=O)C1COc2cc(C[C@@H](C)NC[C@H](O)COc3ccc(OC)cc3)ccc2O1. The molecule has 8 nitrogen and oxygen atoms in total. The predicted octanol–water partition coefficient (Wildman–Crippen LogP) is 2.36. The van der Waals surface area contributed by atoms with Crippen molar-refractivity contribution in [3.63, 3.8) is 0 Å². The average Bonchev–Trinajstić information content (AvgIpc) is 2.81. The van der Waals surface area contributed by atoms with Gasteiger partial charge in [0.05, 0.1) is 13.7 Å². The normalized spacial score (nSPS) is 16.7. The molecule has 1 aliphatic heterocycles. The van der Waals surface area contributed by atoms with Crippen LogP contribution >= 0.6 is 0 Å². The summed E-state index contributed by atoms with van der Waals surface area (Å²) < 4.78 is 27.1. The summed E-state index contributed by atoms with van der Waals surface area (Å²) in [5, 5.41) is 13.5. The second-order valence-electron chi connectivity index (χ2n) is 7.60. The highest BCUT2D eigenvalue weighted by atomic mass is 16.6. The van der Waals surface area contributed by atoms with E-state index < -0.39 is 18.2 Å². The maximum atomic E-state index is 11.8. The Balaban J connectivity index is 1.42. The Kier molecular flexibility index (Phi) is 8.58. The number of rotatable bonds is 11. The first-order valence-electron chi connectivity index (χ1n) is 10.8. The maximum absolute atomic E-state index is 11.8. The maximum Gasteiger partial charge on any atom is 0.350 e. The van der Waals surface area contributed by atoms with E-state index in [4.69, 9.17) is 23.7 Å². The standard InChI is InChI=1S/C24H31NO7/c1-4-29-24(27)23-15-31-22-12-17(5-10-21(22)32-23)11-16(2)25-13-18(26)14-30-20-8-6-19(28-3)7-9-20/h5-10,12,16,18,23,25-26H,4,11,13-15H2,1-3H3/t16-,18+,23?/m1/s1. The van der Waals surface area contributed by atoms with Gasteiger partial charge in [-0.2, -0.15) is 0 Å². The largest absolute Gasteiger partial charge is 0.497 e. The zero-order chi connectivity index (χ0) is 22.9. The van der Waals surface area contributed by atoms with E-state index in [1.165, 1.54) is 0 Å². The molecular weight excluding hydrogens is 414 g/mol. The van der Waals surface area contributed by atoms with Gasteiger partial charge in [-0.15, -0.1) is 0 Å². The Morgan fingerprint density at radius 2 is 1.94 bits per heavy atom. The Morgan fingerprint density at radius 3 is 2.66 bits per heavy atom. The summed E-state index contributed by atoms with van der Waals surface area (Å²) in [4.78, 5) is 11.8. The van der Waals surface area contributed by atoms with Gasteiger partial charge in [-0.25, -0.2) is 4.79 Å². The molecule has 2 N–H and O–H groups in total. The average molecular weight is 446 g/mol. The van der Waals surface area contributed by atoms with Crippen LogP contribution in [0.3, 0.4) is 0 Å².